The molecule has 0 unspecified atom stereocenters. The van der Waals surface area contributed by atoms with Crippen molar-refractivity contribution in [3.8, 4) is 0 Å². The highest BCUT2D eigenvalue weighted by Crippen LogP contribution is 2.19. The van der Waals surface area contributed by atoms with E-state index in [0.29, 0.717) is 24.7 Å². The Kier molecular flexibility index (Phi) is 3.61. The minimum atomic E-state index is -0.840. The van der Waals surface area contributed by atoms with E-state index in [0.717, 1.165) is 17.8 Å². The predicted octanol–water partition coefficient (Wildman–Crippen LogP) is 1.63. The molecule has 0 atom stereocenters. The van der Waals surface area contributed by atoms with Gasteiger partial charge in [0, 0.05) is 18.7 Å². The molecule has 1 aromatic carbocycles. The maximum absolute atomic E-state index is 13.5. The third-order valence-corrected chi connectivity index (χ3v) is 3.29. The number of nitro benzene ring substituents is 1. The maximum Gasteiger partial charge on any atom is 0.304 e. The summed E-state index contributed by atoms with van der Waals surface area (Å²) in [6, 6.07) is 4.43. The van der Waals surface area contributed by atoms with Crippen LogP contribution in [0.25, 0.3) is 0 Å². The molecule has 1 heterocycles. The summed E-state index contributed by atoms with van der Waals surface area (Å²) in [6.07, 6.45) is 4.20. The standard InChI is InChI=1S/C13H14FN5O2/c14-12-5-9(1-4-13(12)19(20)21)7-18-8-11(16-17-18)6-15-10-2-3-10/h1,4-5,8,10,15H,2-3,6-7H2. The first-order chi connectivity index (χ1) is 10.1. The Hall–Kier alpha value is -2.35. The molecule has 2 aromatic rings. The topological polar surface area (TPSA) is 85.9 Å². The smallest absolute Gasteiger partial charge is 0.304 e. The molecule has 0 aliphatic heterocycles. The largest absolute Gasteiger partial charge is 0.308 e. The zero-order chi connectivity index (χ0) is 14.8. The normalized spacial score (nSPS) is 14.3. The molecule has 110 valence electrons. The zero-order valence-electron chi connectivity index (χ0n) is 11.2. The molecule has 0 saturated heterocycles. The number of halogens is 1. The van der Waals surface area contributed by atoms with Crippen LogP contribution in [0, 0.1) is 15.9 Å². The van der Waals surface area contributed by atoms with Crippen molar-refractivity contribution >= 4 is 5.69 Å². The van der Waals surface area contributed by atoms with Gasteiger partial charge in [0.1, 0.15) is 0 Å². The number of nitrogens with one attached hydrogen (secondary N) is 1. The number of rotatable bonds is 6. The van der Waals surface area contributed by atoms with Gasteiger partial charge in [0.05, 0.1) is 23.4 Å². The number of aromatic nitrogens is 3. The summed E-state index contributed by atoms with van der Waals surface area (Å²) < 4.78 is 15.1. The summed E-state index contributed by atoms with van der Waals surface area (Å²) in [4.78, 5) is 9.82. The Morgan fingerprint density at radius 3 is 2.95 bits per heavy atom. The number of nitrogens with zero attached hydrogens (tertiary/aromatic N) is 4. The van der Waals surface area contributed by atoms with E-state index in [-0.39, 0.29) is 0 Å². The van der Waals surface area contributed by atoms with E-state index in [4.69, 9.17) is 0 Å². The van der Waals surface area contributed by atoms with Crippen LogP contribution in [0.15, 0.2) is 24.4 Å². The predicted molar refractivity (Wildman–Crippen MR) is 72.0 cm³/mol. The van der Waals surface area contributed by atoms with Crippen molar-refractivity contribution in [2.24, 2.45) is 0 Å². The Balaban J connectivity index is 1.65. The molecule has 1 saturated carbocycles. The van der Waals surface area contributed by atoms with Gasteiger partial charge in [-0.2, -0.15) is 4.39 Å². The summed E-state index contributed by atoms with van der Waals surface area (Å²) >= 11 is 0. The Labute approximate surface area is 119 Å². The summed E-state index contributed by atoms with van der Waals surface area (Å²) in [7, 11) is 0. The molecule has 21 heavy (non-hydrogen) atoms. The fourth-order valence-corrected chi connectivity index (χ4v) is 2.02. The summed E-state index contributed by atoms with van der Waals surface area (Å²) in [5.74, 6) is -0.840. The SMILES string of the molecule is O=[N+]([O-])c1ccc(Cn2cc(CNC3CC3)nn2)cc1F. The van der Waals surface area contributed by atoms with E-state index < -0.39 is 16.4 Å². The molecule has 1 aliphatic rings. The monoisotopic (exact) mass is 291 g/mol. The highest BCUT2D eigenvalue weighted by atomic mass is 19.1. The first kappa shape index (κ1) is 13.6. The minimum absolute atomic E-state index is 0.325. The van der Waals surface area contributed by atoms with E-state index in [1.807, 2.05) is 0 Å². The van der Waals surface area contributed by atoms with Crippen LogP contribution in [-0.2, 0) is 13.1 Å². The summed E-state index contributed by atoms with van der Waals surface area (Å²) in [5.41, 5.74) is 0.903. The Morgan fingerprint density at radius 1 is 1.48 bits per heavy atom. The Bertz CT molecular complexity index is 668. The molecule has 3 rings (SSSR count). The van der Waals surface area contributed by atoms with Crippen LogP contribution in [0.4, 0.5) is 10.1 Å². The van der Waals surface area contributed by atoms with Gasteiger partial charge in [-0.3, -0.25) is 10.1 Å². The van der Waals surface area contributed by atoms with Crippen LogP contribution >= 0.6 is 0 Å². The van der Waals surface area contributed by atoms with Crippen LogP contribution < -0.4 is 5.32 Å². The van der Waals surface area contributed by atoms with Gasteiger partial charge in [0.25, 0.3) is 0 Å². The summed E-state index contributed by atoms with van der Waals surface area (Å²) in [6.45, 7) is 0.991. The molecule has 1 fully saturated rings. The maximum atomic E-state index is 13.5. The first-order valence-corrected chi connectivity index (χ1v) is 6.67. The van der Waals surface area contributed by atoms with Crippen molar-refractivity contribution in [2.75, 3.05) is 0 Å². The lowest BCUT2D eigenvalue weighted by Crippen LogP contribution is -2.15. The number of hydrogen-bond acceptors (Lipinski definition) is 5. The molecule has 8 heteroatoms. The van der Waals surface area contributed by atoms with E-state index in [2.05, 4.69) is 15.6 Å². The third-order valence-electron chi connectivity index (χ3n) is 3.29. The highest BCUT2D eigenvalue weighted by Gasteiger charge is 2.20. The van der Waals surface area contributed by atoms with Crippen LogP contribution in [0.3, 0.4) is 0 Å². The quantitative estimate of drug-likeness (QED) is 0.645. The lowest BCUT2D eigenvalue weighted by atomic mass is 10.2. The van der Waals surface area contributed by atoms with E-state index >= 15 is 0 Å². The lowest BCUT2D eigenvalue weighted by Gasteiger charge is -2.01. The third kappa shape index (κ3) is 3.40. The van der Waals surface area contributed by atoms with Crippen LogP contribution in [0.5, 0.6) is 0 Å². The zero-order valence-corrected chi connectivity index (χ0v) is 11.2. The van der Waals surface area contributed by atoms with Crippen LogP contribution in [0.2, 0.25) is 0 Å². The van der Waals surface area contributed by atoms with E-state index in [1.165, 1.54) is 18.9 Å². The highest BCUT2D eigenvalue weighted by molar-refractivity contribution is 5.35. The van der Waals surface area contributed by atoms with Gasteiger partial charge in [-0.05, 0) is 24.5 Å². The van der Waals surface area contributed by atoms with Crippen molar-refractivity contribution in [1.82, 2.24) is 20.3 Å². The van der Waals surface area contributed by atoms with Gasteiger partial charge in [-0.25, -0.2) is 4.68 Å². The molecule has 1 aromatic heterocycles. The lowest BCUT2D eigenvalue weighted by molar-refractivity contribution is -0.387. The number of benzene rings is 1. The summed E-state index contributed by atoms with van der Waals surface area (Å²) in [5, 5.41) is 21.9. The second-order valence-corrected chi connectivity index (χ2v) is 5.11. The average Bonchev–Trinajstić information content (AvgIpc) is 3.16. The molecule has 0 amide bonds. The number of hydrogen-bond donors (Lipinski definition) is 1. The van der Waals surface area contributed by atoms with Crippen molar-refractivity contribution in [2.45, 2.75) is 32.0 Å². The van der Waals surface area contributed by atoms with Crippen molar-refractivity contribution < 1.29 is 9.31 Å². The Morgan fingerprint density at radius 2 is 2.29 bits per heavy atom. The van der Waals surface area contributed by atoms with Gasteiger partial charge in [0.2, 0.25) is 5.82 Å². The number of nitro groups is 1. The van der Waals surface area contributed by atoms with Crippen molar-refractivity contribution in [3.05, 3.63) is 51.6 Å². The second kappa shape index (κ2) is 5.57. The van der Waals surface area contributed by atoms with E-state index in [9.17, 15) is 14.5 Å². The fourth-order valence-electron chi connectivity index (χ4n) is 2.02. The van der Waals surface area contributed by atoms with Gasteiger partial charge in [0.15, 0.2) is 0 Å². The second-order valence-electron chi connectivity index (χ2n) is 5.11. The van der Waals surface area contributed by atoms with Crippen molar-refractivity contribution in [3.63, 3.8) is 0 Å². The van der Waals surface area contributed by atoms with Crippen LogP contribution in [0.1, 0.15) is 24.1 Å². The van der Waals surface area contributed by atoms with Crippen LogP contribution in [-0.4, -0.2) is 26.0 Å². The minimum Gasteiger partial charge on any atom is -0.308 e. The van der Waals surface area contributed by atoms with Gasteiger partial charge in [-0.1, -0.05) is 11.3 Å². The molecule has 7 nitrogen and oxygen atoms in total. The average molecular weight is 291 g/mol. The molecule has 1 aliphatic carbocycles. The molecule has 0 bridgehead atoms. The fraction of sp³-hybridized carbons (Fsp3) is 0.385. The molecular formula is C13H14FN5O2. The molecule has 1 N–H and O–H groups in total. The first-order valence-electron chi connectivity index (χ1n) is 6.67. The molecule has 0 spiro atoms. The van der Waals surface area contributed by atoms with Gasteiger partial charge in [-0.15, -0.1) is 5.10 Å². The van der Waals surface area contributed by atoms with Gasteiger partial charge >= 0.3 is 5.69 Å². The molecule has 0 radical (unpaired) electrons. The van der Waals surface area contributed by atoms with Gasteiger partial charge < -0.3 is 5.32 Å². The molecular weight excluding hydrogens is 277 g/mol. The van der Waals surface area contributed by atoms with E-state index in [1.54, 1.807) is 10.9 Å². The van der Waals surface area contributed by atoms with Crippen molar-refractivity contribution in [1.29, 1.82) is 0 Å².